The second-order valence-corrected chi connectivity index (χ2v) is 9.65. The van der Waals surface area contributed by atoms with Crippen molar-refractivity contribution in [2.45, 2.75) is 31.5 Å². The lowest BCUT2D eigenvalue weighted by Crippen LogP contribution is -2.46. The third-order valence-corrected chi connectivity index (χ3v) is 7.19. The molecule has 1 aliphatic carbocycles. The second kappa shape index (κ2) is 8.02. The van der Waals surface area contributed by atoms with Crippen molar-refractivity contribution in [3.05, 3.63) is 52.9 Å². The molecule has 1 unspecified atom stereocenters. The quantitative estimate of drug-likeness (QED) is 0.386. The molecule has 0 spiro atoms. The average Bonchev–Trinajstić information content (AvgIpc) is 3.39. The molecule has 2 aliphatic rings. The largest absolute Gasteiger partial charge is 0.383 e. The monoisotopic (exact) mass is 530 g/mol. The number of aromatic nitrogens is 4. The van der Waals surface area contributed by atoms with Crippen molar-refractivity contribution >= 4 is 61.3 Å². The Balaban J connectivity index is 1.33. The molecule has 1 aromatic carbocycles. The van der Waals surface area contributed by atoms with Crippen molar-refractivity contribution < 1.29 is 9.59 Å². The molecule has 0 radical (unpaired) electrons. The molecule has 3 atom stereocenters. The maximum absolute atomic E-state index is 13.6. The molecular formula is C24H19BrN8O2. The van der Waals surface area contributed by atoms with Gasteiger partial charge in [-0.25, -0.2) is 15.0 Å². The molecule has 1 aliphatic heterocycles. The van der Waals surface area contributed by atoms with Gasteiger partial charge in [0.2, 0.25) is 11.8 Å². The standard InChI is InChI=1S/C24H19BrN8O2/c25-18-2-1-3-19(30-18)31-24(35)17-8-13-7-16(13)33(17)20(34)10-32-15-5-4-12(9-26)6-14(15)21-22(27)28-11-29-23(21)32/h1-6,11,13,16-17H,7-8,10H2,(H2,27,28,29)(H,30,31,35)/t13?,16-,17+/m1/s1. The second-order valence-electron chi connectivity index (χ2n) is 8.84. The van der Waals surface area contributed by atoms with Crippen LogP contribution < -0.4 is 11.1 Å². The number of amides is 2. The van der Waals surface area contributed by atoms with Crippen LogP contribution in [0, 0.1) is 17.2 Å². The first-order chi connectivity index (χ1) is 16.9. The van der Waals surface area contributed by atoms with E-state index in [0.29, 0.717) is 44.7 Å². The Morgan fingerprint density at radius 1 is 1.23 bits per heavy atom. The van der Waals surface area contributed by atoms with E-state index in [1.165, 1.54) is 6.33 Å². The number of nitrogens with one attached hydrogen (secondary N) is 1. The van der Waals surface area contributed by atoms with E-state index in [-0.39, 0.29) is 30.2 Å². The highest BCUT2D eigenvalue weighted by atomic mass is 79.9. The van der Waals surface area contributed by atoms with Gasteiger partial charge in [-0.05, 0) is 65.0 Å². The van der Waals surface area contributed by atoms with Gasteiger partial charge in [0, 0.05) is 11.4 Å². The Hall–Kier alpha value is -4.04. The molecule has 1 saturated carbocycles. The lowest BCUT2D eigenvalue weighted by atomic mass is 10.1. The van der Waals surface area contributed by atoms with Crippen LogP contribution in [-0.4, -0.2) is 48.3 Å². The zero-order valence-electron chi connectivity index (χ0n) is 18.3. The Morgan fingerprint density at radius 2 is 2.09 bits per heavy atom. The van der Waals surface area contributed by atoms with Crippen LogP contribution in [0.5, 0.6) is 0 Å². The van der Waals surface area contributed by atoms with Gasteiger partial charge in [-0.15, -0.1) is 0 Å². The number of halogens is 1. The fourth-order valence-corrected chi connectivity index (χ4v) is 5.47. The number of carbonyl (C=O) groups is 2. The van der Waals surface area contributed by atoms with Crippen LogP contribution in [0.25, 0.3) is 21.9 Å². The Labute approximate surface area is 207 Å². The number of benzene rings is 1. The number of anilines is 2. The zero-order chi connectivity index (χ0) is 24.3. The Bertz CT molecular complexity index is 1580. The number of nitriles is 1. The molecule has 2 amide bonds. The average molecular weight is 531 g/mol. The third kappa shape index (κ3) is 3.57. The van der Waals surface area contributed by atoms with E-state index >= 15 is 0 Å². The first-order valence-electron chi connectivity index (χ1n) is 11.1. The van der Waals surface area contributed by atoms with E-state index in [4.69, 9.17) is 5.73 Å². The number of hydrogen-bond donors (Lipinski definition) is 2. The molecule has 10 nitrogen and oxygen atoms in total. The van der Waals surface area contributed by atoms with Crippen LogP contribution >= 0.6 is 15.9 Å². The van der Waals surface area contributed by atoms with Crippen LogP contribution in [0.2, 0.25) is 0 Å². The van der Waals surface area contributed by atoms with E-state index in [1.54, 1.807) is 45.9 Å². The van der Waals surface area contributed by atoms with Gasteiger partial charge in [0.15, 0.2) is 0 Å². The first kappa shape index (κ1) is 21.5. The predicted octanol–water partition coefficient (Wildman–Crippen LogP) is 2.82. The SMILES string of the molecule is N#Cc1ccc2c(c1)c1c(N)ncnc1n2CC(=O)N1[C@@H]2CC2C[C@H]1C(=O)Nc1cccc(Br)n1. The number of nitrogens with zero attached hydrogens (tertiary/aromatic N) is 6. The molecule has 1 saturated heterocycles. The fourth-order valence-electron chi connectivity index (χ4n) is 5.12. The topological polar surface area (TPSA) is 143 Å². The van der Waals surface area contributed by atoms with E-state index in [1.807, 2.05) is 0 Å². The number of fused-ring (bicyclic) bond motifs is 4. The zero-order valence-corrected chi connectivity index (χ0v) is 19.9. The summed E-state index contributed by atoms with van der Waals surface area (Å²) < 4.78 is 2.40. The maximum Gasteiger partial charge on any atom is 0.248 e. The molecule has 4 heterocycles. The molecule has 35 heavy (non-hydrogen) atoms. The van der Waals surface area contributed by atoms with Gasteiger partial charge in [-0.2, -0.15) is 5.26 Å². The smallest absolute Gasteiger partial charge is 0.248 e. The van der Waals surface area contributed by atoms with Crippen molar-refractivity contribution in [1.29, 1.82) is 5.26 Å². The van der Waals surface area contributed by atoms with Crippen LogP contribution in [0.4, 0.5) is 11.6 Å². The lowest BCUT2D eigenvalue weighted by Gasteiger charge is -2.27. The minimum absolute atomic E-state index is 0.00944. The number of hydrogen-bond acceptors (Lipinski definition) is 7. The molecular weight excluding hydrogens is 512 g/mol. The van der Waals surface area contributed by atoms with E-state index < -0.39 is 6.04 Å². The Kier molecular flexibility index (Phi) is 4.93. The van der Waals surface area contributed by atoms with Crippen LogP contribution in [-0.2, 0) is 16.1 Å². The maximum atomic E-state index is 13.6. The summed E-state index contributed by atoms with van der Waals surface area (Å²) in [6, 6.07) is 12.1. The third-order valence-electron chi connectivity index (χ3n) is 6.75. The van der Waals surface area contributed by atoms with E-state index in [9.17, 15) is 14.9 Å². The normalized spacial score (nSPS) is 20.6. The van der Waals surface area contributed by atoms with Crippen LogP contribution in [0.3, 0.4) is 0 Å². The summed E-state index contributed by atoms with van der Waals surface area (Å²) in [4.78, 5) is 41.2. The summed E-state index contributed by atoms with van der Waals surface area (Å²) in [5, 5.41) is 13.5. The summed E-state index contributed by atoms with van der Waals surface area (Å²) in [5.41, 5.74) is 7.87. The highest BCUT2D eigenvalue weighted by Crippen LogP contribution is 2.48. The number of piperidine rings is 1. The summed E-state index contributed by atoms with van der Waals surface area (Å²) in [6.07, 6.45) is 2.89. The van der Waals surface area contributed by atoms with Gasteiger partial charge >= 0.3 is 0 Å². The summed E-state index contributed by atoms with van der Waals surface area (Å²) >= 11 is 3.31. The van der Waals surface area contributed by atoms with Crippen molar-refractivity contribution in [2.24, 2.45) is 5.92 Å². The van der Waals surface area contributed by atoms with Crippen molar-refractivity contribution in [1.82, 2.24) is 24.4 Å². The molecule has 6 rings (SSSR count). The Morgan fingerprint density at radius 3 is 2.89 bits per heavy atom. The first-order valence-corrected chi connectivity index (χ1v) is 11.9. The number of pyridine rings is 1. The lowest BCUT2D eigenvalue weighted by molar-refractivity contribution is -0.138. The number of rotatable bonds is 4. The summed E-state index contributed by atoms with van der Waals surface area (Å²) in [6.45, 7) is -0.00944. The molecule has 0 bridgehead atoms. The summed E-state index contributed by atoms with van der Waals surface area (Å²) in [7, 11) is 0. The van der Waals surface area contributed by atoms with Crippen molar-refractivity contribution in [3.8, 4) is 6.07 Å². The molecule has 174 valence electrons. The predicted molar refractivity (Wildman–Crippen MR) is 132 cm³/mol. The van der Waals surface area contributed by atoms with Gasteiger partial charge in [0.25, 0.3) is 0 Å². The van der Waals surface area contributed by atoms with Crippen molar-refractivity contribution in [3.63, 3.8) is 0 Å². The molecule has 3 aromatic heterocycles. The van der Waals surface area contributed by atoms with Gasteiger partial charge in [-0.3, -0.25) is 9.59 Å². The van der Waals surface area contributed by atoms with E-state index in [2.05, 4.69) is 42.3 Å². The van der Waals surface area contributed by atoms with E-state index in [0.717, 1.165) is 11.9 Å². The molecule has 3 N–H and O–H groups in total. The van der Waals surface area contributed by atoms with Gasteiger partial charge < -0.3 is 20.5 Å². The van der Waals surface area contributed by atoms with Crippen LogP contribution in [0.15, 0.2) is 47.3 Å². The summed E-state index contributed by atoms with van der Waals surface area (Å²) in [5.74, 6) is 0.629. The number of likely N-dealkylation sites (tertiary alicyclic amines) is 1. The minimum Gasteiger partial charge on any atom is -0.383 e. The number of nitrogens with two attached hydrogens (primary N) is 1. The van der Waals surface area contributed by atoms with Gasteiger partial charge in [0.1, 0.15) is 40.8 Å². The number of carbonyl (C=O) groups excluding carboxylic acids is 2. The molecule has 4 aromatic rings. The fraction of sp³-hybridized carbons (Fsp3) is 0.250. The molecule has 2 fully saturated rings. The number of nitrogen functional groups attached to an aromatic ring is 1. The van der Waals surface area contributed by atoms with Crippen molar-refractivity contribution in [2.75, 3.05) is 11.1 Å². The van der Waals surface area contributed by atoms with Gasteiger partial charge in [-0.1, -0.05) is 6.07 Å². The highest BCUT2D eigenvalue weighted by molar-refractivity contribution is 9.10. The van der Waals surface area contributed by atoms with Crippen LogP contribution in [0.1, 0.15) is 18.4 Å². The molecule has 11 heteroatoms. The minimum atomic E-state index is -0.565. The van der Waals surface area contributed by atoms with Gasteiger partial charge in [0.05, 0.1) is 22.5 Å². The highest BCUT2D eigenvalue weighted by Gasteiger charge is 2.56.